The van der Waals surface area contributed by atoms with Gasteiger partial charge in [-0.2, -0.15) is 19.2 Å². The maximum Gasteiger partial charge on any atom is 0.316 e. The molecule has 3 heterocycles. The molecular weight excluding hydrogens is 568 g/mol. The van der Waals surface area contributed by atoms with Crippen LogP contribution in [0, 0.1) is 11.6 Å². The molecule has 0 N–H and O–H groups in total. The number of nitrogens with zero attached hydrogens (tertiary/aromatic N) is 7. The number of halogens is 2. The van der Waals surface area contributed by atoms with Gasteiger partial charge in [-0.1, -0.05) is 0 Å². The van der Waals surface area contributed by atoms with Crippen molar-refractivity contribution in [3.8, 4) is 11.4 Å². The first-order valence-corrected chi connectivity index (χ1v) is 15.8. The molecule has 0 spiro atoms. The van der Waals surface area contributed by atoms with E-state index in [0.717, 1.165) is 42.5 Å². The van der Waals surface area contributed by atoms with E-state index in [1.165, 1.54) is 23.0 Å². The molecule has 2 aliphatic rings. The zero-order chi connectivity index (χ0) is 28.4. The molecule has 1 saturated carbocycles. The molecule has 1 atom stereocenters. The topological polar surface area (TPSA) is 140 Å². The molecule has 5 rings (SSSR count). The lowest BCUT2D eigenvalue weighted by Gasteiger charge is -2.36. The van der Waals surface area contributed by atoms with E-state index in [4.69, 9.17) is 4.74 Å². The summed E-state index contributed by atoms with van der Waals surface area (Å²) in [6, 6.07) is 2.72. The van der Waals surface area contributed by atoms with Gasteiger partial charge >= 0.3 is 5.56 Å². The minimum Gasteiger partial charge on any atom is -0.483 e. The smallest absolute Gasteiger partial charge is 0.316 e. The van der Waals surface area contributed by atoms with Crippen LogP contribution < -0.4 is 15.2 Å². The fourth-order valence-corrected chi connectivity index (χ4v) is 6.60. The molecule has 1 aromatic carbocycles. The lowest BCUT2D eigenvalue weighted by Crippen LogP contribution is -2.49. The molecule has 0 bridgehead atoms. The highest BCUT2D eigenvalue weighted by molar-refractivity contribution is 7.88. The second-order valence-electron chi connectivity index (χ2n) is 9.55. The molecule has 0 amide bonds. The van der Waals surface area contributed by atoms with Crippen molar-refractivity contribution in [2.75, 3.05) is 37.3 Å². The number of hydrogen-bond donors (Lipinski definition) is 0. The van der Waals surface area contributed by atoms with Crippen LogP contribution in [0.15, 0.2) is 40.5 Å². The maximum atomic E-state index is 13.9. The monoisotopic (exact) mass is 595 g/mol. The van der Waals surface area contributed by atoms with Gasteiger partial charge in [0.1, 0.15) is 23.1 Å². The zero-order valence-corrected chi connectivity index (χ0v) is 23.2. The molecule has 16 heteroatoms. The van der Waals surface area contributed by atoms with Gasteiger partial charge in [0, 0.05) is 38.5 Å². The Balaban J connectivity index is 1.38. The van der Waals surface area contributed by atoms with E-state index in [9.17, 15) is 26.2 Å². The molecule has 1 aliphatic heterocycles. The quantitative estimate of drug-likeness (QED) is 0.375. The maximum absolute atomic E-state index is 13.9. The van der Waals surface area contributed by atoms with Gasteiger partial charge in [-0.3, -0.25) is 9.00 Å². The number of aromatic nitrogens is 5. The first-order chi connectivity index (χ1) is 19.1. The fourth-order valence-electron chi connectivity index (χ4n) is 4.78. The Morgan fingerprint density at radius 3 is 2.38 bits per heavy atom. The Bertz CT molecular complexity index is 1570. The van der Waals surface area contributed by atoms with Crippen molar-refractivity contribution in [1.82, 2.24) is 29.3 Å². The Morgan fingerprint density at radius 1 is 1.05 bits per heavy atom. The second kappa shape index (κ2) is 11.6. The Labute approximate surface area is 231 Å². The van der Waals surface area contributed by atoms with E-state index in [-0.39, 0.29) is 54.6 Å². The summed E-state index contributed by atoms with van der Waals surface area (Å²) in [7, 11) is -5.28. The van der Waals surface area contributed by atoms with Crippen molar-refractivity contribution in [1.29, 1.82) is 0 Å². The third kappa shape index (κ3) is 6.18. The largest absolute Gasteiger partial charge is 0.483 e. The van der Waals surface area contributed by atoms with Gasteiger partial charge in [-0.25, -0.2) is 22.2 Å². The summed E-state index contributed by atoms with van der Waals surface area (Å²) in [4.78, 5) is 19.3. The first kappa shape index (κ1) is 28.2. The number of piperazine rings is 1. The first-order valence-electron chi connectivity index (χ1n) is 12.6. The van der Waals surface area contributed by atoms with Gasteiger partial charge in [-0.05, 0) is 37.8 Å². The van der Waals surface area contributed by atoms with Crippen LogP contribution >= 0.6 is 0 Å². The van der Waals surface area contributed by atoms with E-state index < -0.39 is 43.8 Å². The van der Waals surface area contributed by atoms with Gasteiger partial charge in [-0.15, -0.1) is 5.10 Å². The van der Waals surface area contributed by atoms with Crippen LogP contribution in [0.2, 0.25) is 0 Å². The molecule has 2 aromatic heterocycles. The van der Waals surface area contributed by atoms with Gasteiger partial charge in [0.05, 0.1) is 40.7 Å². The summed E-state index contributed by atoms with van der Waals surface area (Å²) in [5.41, 5.74) is -0.214. The summed E-state index contributed by atoms with van der Waals surface area (Å²) < 4.78 is 73.9. The van der Waals surface area contributed by atoms with Crippen molar-refractivity contribution in [3.05, 3.63) is 58.3 Å². The van der Waals surface area contributed by atoms with Crippen LogP contribution in [0.25, 0.3) is 5.69 Å². The third-order valence-electron chi connectivity index (χ3n) is 6.74. The van der Waals surface area contributed by atoms with E-state index in [1.807, 2.05) is 4.90 Å². The zero-order valence-electron chi connectivity index (χ0n) is 21.6. The number of ether oxygens (including phenoxy) is 1. The highest BCUT2D eigenvalue weighted by atomic mass is 32.2. The number of benzene rings is 1. The van der Waals surface area contributed by atoms with E-state index in [1.54, 1.807) is 0 Å². The fraction of sp³-hybridized carbons (Fsp3) is 0.458. The van der Waals surface area contributed by atoms with Crippen LogP contribution in [-0.2, 0) is 26.6 Å². The van der Waals surface area contributed by atoms with Gasteiger partial charge in [0.15, 0.2) is 0 Å². The number of hydrogen-bond acceptors (Lipinski definition) is 10. The van der Waals surface area contributed by atoms with Crippen LogP contribution in [-0.4, -0.2) is 80.4 Å². The highest BCUT2D eigenvalue weighted by Crippen LogP contribution is 2.30. The lowest BCUT2D eigenvalue weighted by atomic mass is 10.2. The van der Waals surface area contributed by atoms with Crippen LogP contribution in [0.4, 0.5) is 14.5 Å². The van der Waals surface area contributed by atoms with Crippen molar-refractivity contribution in [2.45, 2.75) is 42.7 Å². The SMILES string of the molecule is CS(=O)c1nncc(CS(=O)(=O)N2CCN(c3cnn(-c4cc(F)cc(F)c4)c(=O)c3OC3CCCC3)CC2)n1. The van der Waals surface area contributed by atoms with E-state index in [2.05, 4.69) is 20.3 Å². The molecule has 0 radical (unpaired) electrons. The number of sulfonamides is 1. The Kier molecular flexibility index (Phi) is 8.19. The predicted octanol–water partition coefficient (Wildman–Crippen LogP) is 1.41. The molecule has 3 aromatic rings. The number of rotatable bonds is 8. The predicted molar refractivity (Wildman–Crippen MR) is 141 cm³/mol. The van der Waals surface area contributed by atoms with Gasteiger partial charge in [0.2, 0.25) is 20.9 Å². The molecule has 2 fully saturated rings. The Hall–Kier alpha value is -3.37. The molecule has 12 nitrogen and oxygen atoms in total. The van der Waals surface area contributed by atoms with Crippen LogP contribution in [0.5, 0.6) is 5.75 Å². The Morgan fingerprint density at radius 2 is 1.73 bits per heavy atom. The summed E-state index contributed by atoms with van der Waals surface area (Å²) >= 11 is 0. The normalized spacial score (nSPS) is 17.7. The molecule has 1 aliphatic carbocycles. The molecule has 1 unspecified atom stereocenters. The molecule has 214 valence electrons. The highest BCUT2D eigenvalue weighted by Gasteiger charge is 2.31. The molecular formula is C24H27F2N7O5S2. The summed E-state index contributed by atoms with van der Waals surface area (Å²) in [6.07, 6.45) is 7.28. The number of anilines is 1. The van der Waals surface area contributed by atoms with Crippen LogP contribution in [0.3, 0.4) is 0 Å². The average molecular weight is 596 g/mol. The molecule has 40 heavy (non-hydrogen) atoms. The summed E-state index contributed by atoms with van der Waals surface area (Å²) in [6.45, 7) is 0.724. The molecule has 1 saturated heterocycles. The minimum atomic E-state index is -3.78. The second-order valence-corrected chi connectivity index (χ2v) is 12.8. The van der Waals surface area contributed by atoms with Crippen molar-refractivity contribution in [3.63, 3.8) is 0 Å². The lowest BCUT2D eigenvalue weighted by molar-refractivity contribution is 0.205. The standard InChI is InChI=1S/C24H27F2N7O5S2/c1-39(35)24-29-18(13-27-30-24)15-40(36,37)32-8-6-31(7-9-32)21-14-28-33(19-11-16(25)10-17(26)12-19)23(34)22(21)38-20-4-2-3-5-20/h10-14,20H,2-9,15H2,1H3. The minimum absolute atomic E-state index is 0.00929. The van der Waals surface area contributed by atoms with Crippen LogP contribution in [0.1, 0.15) is 31.4 Å². The van der Waals surface area contributed by atoms with Crippen molar-refractivity contribution in [2.24, 2.45) is 0 Å². The van der Waals surface area contributed by atoms with Crippen molar-refractivity contribution < 1.29 is 26.1 Å². The summed E-state index contributed by atoms with van der Waals surface area (Å²) in [5.74, 6) is -2.11. The van der Waals surface area contributed by atoms with E-state index >= 15 is 0 Å². The summed E-state index contributed by atoms with van der Waals surface area (Å²) in [5, 5.41) is 11.5. The van der Waals surface area contributed by atoms with E-state index in [0.29, 0.717) is 11.8 Å². The average Bonchev–Trinajstić information content (AvgIpc) is 3.42. The van der Waals surface area contributed by atoms with Gasteiger partial charge < -0.3 is 9.64 Å². The third-order valence-corrected chi connectivity index (χ3v) is 9.24. The van der Waals surface area contributed by atoms with Crippen molar-refractivity contribution >= 4 is 26.5 Å². The van der Waals surface area contributed by atoms with Gasteiger partial charge in [0.25, 0.3) is 0 Å².